The van der Waals surface area contributed by atoms with Crippen molar-refractivity contribution in [2.75, 3.05) is 0 Å². The first kappa shape index (κ1) is 14.8. The molecule has 0 amide bonds. The Morgan fingerprint density at radius 3 is 2.10 bits per heavy atom. The van der Waals surface area contributed by atoms with Crippen molar-refractivity contribution < 1.29 is 30.3 Å². The van der Waals surface area contributed by atoms with Crippen molar-refractivity contribution in [1.29, 1.82) is 0 Å². The second-order valence-electron chi connectivity index (χ2n) is 4.60. The van der Waals surface area contributed by atoms with Crippen molar-refractivity contribution in [2.45, 2.75) is 12.7 Å². The number of hydrogen-bond acceptors (Lipinski definition) is 5. The first-order valence-electron chi connectivity index (χ1n) is 6.11. The Morgan fingerprint density at radius 2 is 1.52 bits per heavy atom. The SMILES string of the molecule is O=C(O)c1cc(Cc2ccc(O)c(C(O)O)c2)ccc1O. The minimum Gasteiger partial charge on any atom is -0.507 e. The number of aliphatic hydroxyl groups is 2. The van der Waals surface area contributed by atoms with Gasteiger partial charge in [-0.3, -0.25) is 0 Å². The molecule has 0 unspecified atom stereocenters. The molecule has 0 atom stereocenters. The van der Waals surface area contributed by atoms with Gasteiger partial charge in [-0.25, -0.2) is 4.79 Å². The largest absolute Gasteiger partial charge is 0.507 e. The summed E-state index contributed by atoms with van der Waals surface area (Å²) in [4.78, 5) is 11.0. The highest BCUT2D eigenvalue weighted by Gasteiger charge is 2.12. The molecule has 0 aliphatic rings. The normalized spacial score (nSPS) is 10.8. The highest BCUT2D eigenvalue weighted by atomic mass is 16.5. The van der Waals surface area contributed by atoms with Crippen molar-refractivity contribution in [3.05, 3.63) is 58.7 Å². The van der Waals surface area contributed by atoms with Crippen LogP contribution in [0.4, 0.5) is 0 Å². The average molecular weight is 290 g/mol. The number of hydrogen-bond donors (Lipinski definition) is 5. The third-order valence-corrected chi connectivity index (χ3v) is 3.07. The fourth-order valence-electron chi connectivity index (χ4n) is 2.02. The molecule has 6 heteroatoms. The predicted molar refractivity (Wildman–Crippen MR) is 73.2 cm³/mol. The maximum absolute atomic E-state index is 11.0. The molecular formula is C15H14O6. The summed E-state index contributed by atoms with van der Waals surface area (Å²) in [5, 5.41) is 46.2. The van der Waals surface area contributed by atoms with Crippen LogP contribution < -0.4 is 0 Å². The second-order valence-corrected chi connectivity index (χ2v) is 4.60. The highest BCUT2D eigenvalue weighted by Crippen LogP contribution is 2.26. The number of aromatic carboxylic acids is 1. The van der Waals surface area contributed by atoms with E-state index in [1.807, 2.05) is 0 Å². The number of rotatable bonds is 4. The number of benzene rings is 2. The molecular weight excluding hydrogens is 276 g/mol. The van der Waals surface area contributed by atoms with Gasteiger partial charge < -0.3 is 25.5 Å². The fourth-order valence-corrected chi connectivity index (χ4v) is 2.02. The van der Waals surface area contributed by atoms with Crippen molar-refractivity contribution in [2.24, 2.45) is 0 Å². The van der Waals surface area contributed by atoms with Gasteiger partial charge in [-0.05, 0) is 41.8 Å². The van der Waals surface area contributed by atoms with Crippen LogP contribution in [-0.4, -0.2) is 31.5 Å². The second kappa shape index (κ2) is 5.82. The van der Waals surface area contributed by atoms with Gasteiger partial charge in [-0.2, -0.15) is 0 Å². The highest BCUT2D eigenvalue weighted by molar-refractivity contribution is 5.90. The van der Waals surface area contributed by atoms with Crippen molar-refractivity contribution in [3.63, 3.8) is 0 Å². The fraction of sp³-hybridized carbons (Fsp3) is 0.133. The average Bonchev–Trinajstić information content (AvgIpc) is 2.42. The van der Waals surface area contributed by atoms with Gasteiger partial charge in [-0.1, -0.05) is 12.1 Å². The third kappa shape index (κ3) is 3.31. The summed E-state index contributed by atoms with van der Waals surface area (Å²) in [6.07, 6.45) is -1.47. The Balaban J connectivity index is 2.32. The minimum atomic E-state index is -1.79. The molecule has 6 nitrogen and oxygen atoms in total. The van der Waals surface area contributed by atoms with Gasteiger partial charge in [0.25, 0.3) is 0 Å². The van der Waals surface area contributed by atoms with E-state index in [0.29, 0.717) is 17.5 Å². The predicted octanol–water partition coefficient (Wildman–Crippen LogP) is 1.37. The number of carboxylic acids is 1. The van der Waals surface area contributed by atoms with E-state index in [1.165, 1.54) is 24.3 Å². The lowest BCUT2D eigenvalue weighted by molar-refractivity contribution is -0.0439. The summed E-state index contributed by atoms with van der Waals surface area (Å²) in [5.41, 5.74) is 1.07. The Labute approximate surface area is 120 Å². The molecule has 2 aromatic rings. The first-order valence-corrected chi connectivity index (χ1v) is 6.11. The topological polar surface area (TPSA) is 118 Å². The zero-order valence-corrected chi connectivity index (χ0v) is 10.9. The summed E-state index contributed by atoms with van der Waals surface area (Å²) in [6.45, 7) is 0. The van der Waals surface area contributed by atoms with Crippen molar-refractivity contribution in [1.82, 2.24) is 0 Å². The van der Waals surface area contributed by atoms with Crippen LogP contribution in [0, 0.1) is 0 Å². The van der Waals surface area contributed by atoms with E-state index in [0.717, 1.165) is 0 Å². The van der Waals surface area contributed by atoms with Crippen LogP contribution in [0.3, 0.4) is 0 Å². The van der Waals surface area contributed by atoms with E-state index in [1.54, 1.807) is 12.1 Å². The van der Waals surface area contributed by atoms with Gasteiger partial charge in [0.1, 0.15) is 17.1 Å². The van der Waals surface area contributed by atoms with Crippen molar-refractivity contribution in [3.8, 4) is 11.5 Å². The van der Waals surface area contributed by atoms with E-state index < -0.39 is 12.3 Å². The Bertz CT molecular complexity index is 678. The van der Waals surface area contributed by atoms with Crippen LogP contribution in [0.1, 0.15) is 33.3 Å². The molecule has 2 aromatic carbocycles. The van der Waals surface area contributed by atoms with E-state index >= 15 is 0 Å². The molecule has 0 spiro atoms. The Morgan fingerprint density at radius 1 is 0.952 bits per heavy atom. The molecule has 0 heterocycles. The van der Waals surface area contributed by atoms with Crippen LogP contribution in [0.5, 0.6) is 11.5 Å². The number of carbonyl (C=O) groups is 1. The summed E-state index contributed by atoms with van der Waals surface area (Å²) in [7, 11) is 0. The molecule has 0 saturated heterocycles. The third-order valence-electron chi connectivity index (χ3n) is 3.07. The van der Waals surface area contributed by atoms with Gasteiger partial charge >= 0.3 is 5.97 Å². The molecule has 5 N–H and O–H groups in total. The lowest BCUT2D eigenvalue weighted by atomic mass is 10.00. The van der Waals surface area contributed by atoms with E-state index in [9.17, 15) is 15.0 Å². The summed E-state index contributed by atoms with van der Waals surface area (Å²) >= 11 is 0. The maximum atomic E-state index is 11.0. The van der Waals surface area contributed by atoms with Crippen LogP contribution >= 0.6 is 0 Å². The van der Waals surface area contributed by atoms with E-state index in [2.05, 4.69) is 0 Å². The zero-order valence-electron chi connectivity index (χ0n) is 10.9. The van der Waals surface area contributed by atoms with Gasteiger partial charge in [0, 0.05) is 5.56 Å². The smallest absolute Gasteiger partial charge is 0.339 e. The summed E-state index contributed by atoms with van der Waals surface area (Å²) < 4.78 is 0. The zero-order chi connectivity index (χ0) is 15.6. The Hall–Kier alpha value is -2.57. The molecule has 0 aromatic heterocycles. The maximum Gasteiger partial charge on any atom is 0.339 e. The molecule has 0 radical (unpaired) electrons. The van der Waals surface area contributed by atoms with Crippen LogP contribution in [0.25, 0.3) is 0 Å². The molecule has 0 bridgehead atoms. The number of phenolic OH excluding ortho intramolecular Hbond substituents is 1. The monoisotopic (exact) mass is 290 g/mol. The number of carboxylic acid groups (broad SMARTS) is 1. The molecule has 0 fully saturated rings. The quantitative estimate of drug-likeness (QED) is 0.543. The van der Waals surface area contributed by atoms with E-state index in [-0.39, 0.29) is 22.6 Å². The van der Waals surface area contributed by atoms with Crippen molar-refractivity contribution >= 4 is 5.97 Å². The summed E-state index contributed by atoms with van der Waals surface area (Å²) in [6, 6.07) is 8.56. The Kier molecular flexibility index (Phi) is 4.11. The van der Waals surface area contributed by atoms with Gasteiger partial charge in [-0.15, -0.1) is 0 Å². The van der Waals surface area contributed by atoms with E-state index in [4.69, 9.17) is 15.3 Å². The molecule has 2 rings (SSSR count). The molecule has 0 saturated carbocycles. The van der Waals surface area contributed by atoms with Gasteiger partial charge in [0.2, 0.25) is 0 Å². The first-order chi connectivity index (χ1) is 9.88. The standard InChI is InChI=1S/C15H14O6/c16-12-3-1-8(6-10(12)14(18)19)5-9-2-4-13(17)11(7-9)15(20)21/h1-4,6-7,14,16-19H,5H2,(H,20,21). The van der Waals surface area contributed by atoms with Crippen LogP contribution in [0.2, 0.25) is 0 Å². The molecule has 0 aliphatic heterocycles. The number of phenols is 2. The van der Waals surface area contributed by atoms with Gasteiger partial charge in [0.15, 0.2) is 6.29 Å². The summed E-state index contributed by atoms with van der Waals surface area (Å²) in [5.74, 6) is -1.78. The van der Waals surface area contributed by atoms with Gasteiger partial charge in [0.05, 0.1) is 0 Å². The lowest BCUT2D eigenvalue weighted by Crippen LogP contribution is -2.00. The molecule has 0 aliphatic carbocycles. The van der Waals surface area contributed by atoms with Crippen LogP contribution in [-0.2, 0) is 6.42 Å². The van der Waals surface area contributed by atoms with Crippen LogP contribution in [0.15, 0.2) is 36.4 Å². The molecule has 110 valence electrons. The molecule has 21 heavy (non-hydrogen) atoms. The lowest BCUT2D eigenvalue weighted by Gasteiger charge is -2.10. The number of aliphatic hydroxyl groups excluding tert-OH is 1. The number of aromatic hydroxyl groups is 2. The minimum absolute atomic E-state index is 0.0234.